The monoisotopic (exact) mass is 577 g/mol. The number of aromatic hydroxyl groups is 1. The van der Waals surface area contributed by atoms with Gasteiger partial charge in [0.25, 0.3) is 5.91 Å². The standard InChI is InChI=1S/C31H35N3O8/c1-34(2)24-20-11-15-9-19-18(14-7-8-42-13-14)10-16(12-33-17-5-3-4-6-17)25(35)22(19)26(36)21(15)28(38)31(20,41)29(39)23(27(24)37)30(32)40/h7-8,10,13,15,17,20,24,33,35,37-38,41H,3-6,9,11-12H2,1-2H3,(H2,32,40)/t15-,20-,24-,31-/m0/s1. The minimum absolute atomic E-state index is 0.00213. The second kappa shape index (κ2) is 10.1. The van der Waals surface area contributed by atoms with E-state index in [0.29, 0.717) is 29.3 Å². The van der Waals surface area contributed by atoms with Gasteiger partial charge >= 0.3 is 0 Å². The normalized spacial score (nSPS) is 27.9. The van der Waals surface area contributed by atoms with Gasteiger partial charge in [-0.1, -0.05) is 12.8 Å². The summed E-state index contributed by atoms with van der Waals surface area (Å²) in [7, 11) is 3.20. The zero-order chi connectivity index (χ0) is 30.1. The van der Waals surface area contributed by atoms with Crippen molar-refractivity contribution >= 4 is 17.5 Å². The second-order valence-corrected chi connectivity index (χ2v) is 12.1. The molecule has 0 aliphatic heterocycles. The Morgan fingerprint density at radius 3 is 2.52 bits per heavy atom. The molecule has 0 saturated heterocycles. The first-order chi connectivity index (χ1) is 20.0. The summed E-state index contributed by atoms with van der Waals surface area (Å²) >= 11 is 0. The number of phenols is 1. The Balaban J connectivity index is 1.51. The number of benzene rings is 1. The zero-order valence-electron chi connectivity index (χ0n) is 23.5. The summed E-state index contributed by atoms with van der Waals surface area (Å²) in [5.41, 5.74) is 4.23. The van der Waals surface area contributed by atoms with Gasteiger partial charge < -0.3 is 35.9 Å². The summed E-state index contributed by atoms with van der Waals surface area (Å²) in [6, 6.07) is 2.88. The number of aliphatic hydroxyl groups is 3. The molecule has 1 heterocycles. The van der Waals surface area contributed by atoms with Crippen LogP contribution in [0, 0.1) is 11.8 Å². The SMILES string of the molecule is CN(C)[C@@H]1C(O)=C(C(N)=O)C(=O)[C@@]2(O)C(O)=C3C(=O)c4c(O)c(CNC5CCCC5)cc(-c5ccoc5)c4C[C@H]3C[C@@H]12. The molecule has 2 aromatic rings. The van der Waals surface area contributed by atoms with E-state index >= 15 is 0 Å². The van der Waals surface area contributed by atoms with Gasteiger partial charge in [0.15, 0.2) is 11.4 Å². The van der Waals surface area contributed by atoms with E-state index < -0.39 is 58.0 Å². The highest BCUT2D eigenvalue weighted by molar-refractivity contribution is 6.25. The lowest BCUT2D eigenvalue weighted by atomic mass is 9.58. The Labute approximate surface area is 242 Å². The number of fused-ring (bicyclic) bond motifs is 3. The molecule has 4 atom stereocenters. The molecule has 0 bridgehead atoms. The van der Waals surface area contributed by atoms with Crippen molar-refractivity contribution in [1.29, 1.82) is 0 Å². The van der Waals surface area contributed by atoms with E-state index in [9.17, 15) is 34.8 Å². The number of carbonyl (C=O) groups excluding carboxylic acids is 3. The van der Waals surface area contributed by atoms with Crippen LogP contribution in [0.2, 0.25) is 0 Å². The number of ketones is 2. The average molecular weight is 578 g/mol. The van der Waals surface area contributed by atoms with Crippen molar-refractivity contribution in [2.45, 2.75) is 62.8 Å². The van der Waals surface area contributed by atoms with Crippen LogP contribution < -0.4 is 11.1 Å². The van der Waals surface area contributed by atoms with Crippen LogP contribution in [0.25, 0.3) is 11.1 Å². The maximum atomic E-state index is 14.2. The van der Waals surface area contributed by atoms with Crippen LogP contribution in [-0.4, -0.2) is 74.6 Å². The fourth-order valence-corrected chi connectivity index (χ4v) is 7.57. The van der Waals surface area contributed by atoms with Crippen molar-refractivity contribution in [3.8, 4) is 16.9 Å². The Morgan fingerprint density at radius 1 is 1.19 bits per heavy atom. The summed E-state index contributed by atoms with van der Waals surface area (Å²) < 4.78 is 5.34. The first-order valence-electron chi connectivity index (χ1n) is 14.2. The van der Waals surface area contributed by atoms with E-state index in [1.165, 1.54) is 11.2 Å². The van der Waals surface area contributed by atoms with Gasteiger partial charge in [-0.3, -0.25) is 19.3 Å². The van der Waals surface area contributed by atoms with E-state index in [0.717, 1.165) is 31.2 Å². The number of primary amides is 1. The van der Waals surface area contributed by atoms with E-state index in [1.54, 1.807) is 26.4 Å². The van der Waals surface area contributed by atoms with E-state index in [1.807, 2.05) is 6.07 Å². The number of rotatable bonds is 6. The molecule has 1 saturated carbocycles. The lowest BCUT2D eigenvalue weighted by Gasteiger charge is -2.50. The molecular formula is C31H35N3O8. The van der Waals surface area contributed by atoms with Crippen molar-refractivity contribution < 1.29 is 39.2 Å². The maximum absolute atomic E-state index is 14.2. The summed E-state index contributed by atoms with van der Waals surface area (Å²) in [5, 5.41) is 49.3. The molecular weight excluding hydrogens is 542 g/mol. The fraction of sp³-hybridized carbons (Fsp3) is 0.452. The van der Waals surface area contributed by atoms with Crippen LogP contribution in [0.4, 0.5) is 0 Å². The third-order valence-corrected chi connectivity index (χ3v) is 9.57. The largest absolute Gasteiger partial charge is 0.510 e. The first-order valence-corrected chi connectivity index (χ1v) is 14.2. The third-order valence-electron chi connectivity index (χ3n) is 9.57. The number of phenolic OH excluding ortho intramolecular Hbond substituents is 1. The first kappa shape index (κ1) is 28.2. The van der Waals surface area contributed by atoms with Gasteiger partial charge in [0.2, 0.25) is 5.78 Å². The van der Waals surface area contributed by atoms with Gasteiger partial charge in [0.05, 0.1) is 24.1 Å². The lowest BCUT2D eigenvalue weighted by molar-refractivity contribution is -0.148. The Morgan fingerprint density at radius 2 is 1.90 bits per heavy atom. The Bertz CT molecular complexity index is 1550. The van der Waals surface area contributed by atoms with Crippen molar-refractivity contribution in [2.24, 2.45) is 17.6 Å². The molecule has 11 nitrogen and oxygen atoms in total. The number of furan rings is 1. The number of likely N-dealkylation sites (N-methyl/N-ethyl adjacent to an activating group) is 1. The predicted molar refractivity (Wildman–Crippen MR) is 150 cm³/mol. The zero-order valence-corrected chi connectivity index (χ0v) is 23.5. The number of Topliss-reactive ketones (excluding diaryl/α,β-unsaturated/α-hetero) is 2. The van der Waals surface area contributed by atoms with Crippen molar-refractivity contribution in [1.82, 2.24) is 10.2 Å². The quantitative estimate of drug-likeness (QED) is 0.278. The number of hydrogen-bond acceptors (Lipinski definition) is 10. The van der Waals surface area contributed by atoms with Crippen LogP contribution >= 0.6 is 0 Å². The third kappa shape index (κ3) is 4.02. The predicted octanol–water partition coefficient (Wildman–Crippen LogP) is 2.41. The molecule has 0 unspecified atom stereocenters. The average Bonchev–Trinajstić information content (AvgIpc) is 3.65. The van der Waals surface area contributed by atoms with E-state index in [2.05, 4.69) is 5.32 Å². The number of carbonyl (C=O) groups is 3. The minimum atomic E-state index is -2.67. The molecule has 0 spiro atoms. The van der Waals surface area contributed by atoms with Crippen LogP contribution in [0.1, 0.15) is 53.6 Å². The second-order valence-electron chi connectivity index (χ2n) is 12.1. The molecule has 1 aromatic carbocycles. The smallest absolute Gasteiger partial charge is 0.255 e. The molecule has 42 heavy (non-hydrogen) atoms. The van der Waals surface area contributed by atoms with Gasteiger partial charge in [-0.25, -0.2) is 0 Å². The number of nitrogens with two attached hydrogens (primary N) is 1. The van der Waals surface area contributed by atoms with Gasteiger partial charge in [0.1, 0.15) is 22.8 Å². The lowest BCUT2D eigenvalue weighted by Crippen LogP contribution is -2.63. The fourth-order valence-electron chi connectivity index (χ4n) is 7.57. The number of nitrogens with zero attached hydrogens (tertiary/aromatic N) is 1. The van der Waals surface area contributed by atoms with Gasteiger partial charge in [-0.2, -0.15) is 0 Å². The van der Waals surface area contributed by atoms with Gasteiger partial charge in [-0.15, -0.1) is 0 Å². The summed E-state index contributed by atoms with van der Waals surface area (Å²) in [4.78, 5) is 41.5. The van der Waals surface area contributed by atoms with Gasteiger partial charge in [-0.05, 0) is 69.0 Å². The maximum Gasteiger partial charge on any atom is 0.255 e. The summed E-state index contributed by atoms with van der Waals surface area (Å²) in [5.74, 6) is -6.63. The summed E-state index contributed by atoms with van der Waals surface area (Å²) in [6.45, 7) is 0.317. The molecule has 6 rings (SSSR count). The number of hydrogen-bond donors (Lipinski definition) is 6. The van der Waals surface area contributed by atoms with Crippen LogP contribution in [0.3, 0.4) is 0 Å². The highest BCUT2D eigenvalue weighted by Crippen LogP contribution is 2.53. The Kier molecular flexibility index (Phi) is 6.79. The number of allylic oxidation sites excluding steroid dienone is 1. The van der Waals surface area contributed by atoms with Crippen LogP contribution in [-0.2, 0) is 22.6 Å². The number of amides is 1. The molecule has 11 heteroatoms. The van der Waals surface area contributed by atoms with Gasteiger partial charge in [0, 0.05) is 35.2 Å². The number of aliphatic hydroxyl groups excluding tert-OH is 2. The number of nitrogens with one attached hydrogen (secondary N) is 1. The molecule has 1 amide bonds. The van der Waals surface area contributed by atoms with Crippen LogP contribution in [0.5, 0.6) is 5.75 Å². The minimum Gasteiger partial charge on any atom is -0.510 e. The summed E-state index contributed by atoms with van der Waals surface area (Å²) in [6.07, 6.45) is 7.63. The van der Waals surface area contributed by atoms with E-state index in [-0.39, 0.29) is 29.7 Å². The molecule has 1 fully saturated rings. The highest BCUT2D eigenvalue weighted by Gasteiger charge is 2.63. The van der Waals surface area contributed by atoms with Crippen molar-refractivity contribution in [3.63, 3.8) is 0 Å². The van der Waals surface area contributed by atoms with E-state index in [4.69, 9.17) is 10.2 Å². The molecule has 222 valence electrons. The topological polar surface area (TPSA) is 187 Å². The van der Waals surface area contributed by atoms with Crippen molar-refractivity contribution in [2.75, 3.05) is 14.1 Å². The van der Waals surface area contributed by atoms with Crippen molar-refractivity contribution in [3.05, 3.63) is 64.0 Å². The molecule has 0 radical (unpaired) electrons. The molecule has 4 aliphatic rings. The van der Waals surface area contributed by atoms with Crippen LogP contribution in [0.15, 0.2) is 51.7 Å². The molecule has 4 aliphatic carbocycles. The molecule has 1 aromatic heterocycles. The highest BCUT2D eigenvalue weighted by atomic mass is 16.3. The Hall–Kier alpha value is -3.93. The molecule has 7 N–H and O–H groups in total.